The van der Waals surface area contributed by atoms with Gasteiger partial charge in [0.15, 0.2) is 0 Å². The van der Waals surface area contributed by atoms with E-state index in [9.17, 15) is 32.7 Å². The molecule has 2 N–H and O–H groups in total. The molecule has 1 heterocycles. The number of urea groups is 1. The molecule has 2 atom stereocenters. The third-order valence-corrected chi connectivity index (χ3v) is 8.52. The lowest BCUT2D eigenvalue weighted by molar-refractivity contribution is -0.794. The van der Waals surface area contributed by atoms with E-state index >= 15 is 0 Å². The highest BCUT2D eigenvalue weighted by Gasteiger charge is 2.49. The minimum atomic E-state index is -4.44. The average Bonchev–Trinajstić information content (AvgIpc) is 3.09. The number of halogens is 3. The van der Waals surface area contributed by atoms with Gasteiger partial charge in [0.2, 0.25) is 0 Å². The van der Waals surface area contributed by atoms with E-state index in [4.69, 9.17) is 9.47 Å². The first kappa shape index (κ1) is 35.2. The van der Waals surface area contributed by atoms with E-state index in [0.717, 1.165) is 28.8 Å². The Bertz CT molecular complexity index is 1780. The fourth-order valence-electron chi connectivity index (χ4n) is 5.72. The third kappa shape index (κ3) is 8.47. The summed E-state index contributed by atoms with van der Waals surface area (Å²) < 4.78 is 49.6. The Morgan fingerprint density at radius 1 is 0.878 bits per heavy atom. The fraction of sp³-hybridized carbons (Fsp3) is 0.289. The highest BCUT2D eigenvalue weighted by Crippen LogP contribution is 2.32. The number of carbonyl (C=O) groups excluding carboxylic acids is 2. The van der Waals surface area contributed by atoms with Crippen LogP contribution in [-0.4, -0.2) is 47.4 Å². The van der Waals surface area contributed by atoms with Crippen molar-refractivity contribution >= 4 is 18.1 Å². The Balaban J connectivity index is 1.33. The molecule has 256 valence electrons. The van der Waals surface area contributed by atoms with Crippen LogP contribution < -0.4 is 10.1 Å². The standard InChI is InChI=1S/C38H37F3N2O6/c1-25(2)23-49-37(47)43(36(46)42-21-34(35(44)45)30-12-10-28(11-13-30)27-6-4-3-5-7-27)19-18-29-14-17-33(20-31(29)22-43)48-24-26-8-15-32(16-9-26)38(39,40)41/h3-17,20,25,34H,18-19,21-24H2,1-2H3,(H-,42,44,45,46)/p+1. The molecular weight excluding hydrogens is 637 g/mol. The van der Waals surface area contributed by atoms with Gasteiger partial charge in [-0.1, -0.05) is 86.6 Å². The lowest BCUT2D eigenvalue weighted by Crippen LogP contribution is -2.63. The maximum Gasteiger partial charge on any atom is 0.525 e. The van der Waals surface area contributed by atoms with Gasteiger partial charge >= 0.3 is 24.3 Å². The molecule has 0 saturated heterocycles. The number of rotatable bonds is 10. The molecule has 2 unspecified atom stereocenters. The van der Waals surface area contributed by atoms with Crippen molar-refractivity contribution in [1.29, 1.82) is 0 Å². The van der Waals surface area contributed by atoms with Gasteiger partial charge in [-0.3, -0.25) is 4.79 Å². The van der Waals surface area contributed by atoms with Gasteiger partial charge in [-0.05, 0) is 58.0 Å². The lowest BCUT2D eigenvalue weighted by Gasteiger charge is -2.36. The predicted molar refractivity (Wildman–Crippen MR) is 177 cm³/mol. The maximum atomic E-state index is 14.0. The van der Waals surface area contributed by atoms with Crippen molar-refractivity contribution < 1.29 is 46.6 Å². The van der Waals surface area contributed by atoms with Gasteiger partial charge in [0.1, 0.15) is 25.4 Å². The number of imide groups is 1. The number of ether oxygens (including phenoxy) is 2. The number of nitrogens with zero attached hydrogens (tertiary/aromatic N) is 1. The molecule has 1 aliphatic heterocycles. The summed E-state index contributed by atoms with van der Waals surface area (Å²) >= 11 is 0. The van der Waals surface area contributed by atoms with Gasteiger partial charge in [0, 0.05) is 18.5 Å². The van der Waals surface area contributed by atoms with Crippen LogP contribution in [0.3, 0.4) is 0 Å². The number of fused-ring (bicyclic) bond motifs is 1. The highest BCUT2D eigenvalue weighted by atomic mass is 19.4. The number of hydrogen-bond acceptors (Lipinski definition) is 5. The number of aliphatic carboxylic acids is 1. The van der Waals surface area contributed by atoms with Crippen LogP contribution in [-0.2, 0) is 35.3 Å². The summed E-state index contributed by atoms with van der Waals surface area (Å²) in [6.07, 6.45) is -4.82. The van der Waals surface area contributed by atoms with Gasteiger partial charge in [-0.15, -0.1) is 4.48 Å². The smallest absolute Gasteiger partial charge is 0.489 e. The Hall–Kier alpha value is -5.16. The molecule has 3 amide bonds. The number of alkyl halides is 3. The number of hydrogen-bond donors (Lipinski definition) is 2. The second kappa shape index (κ2) is 14.9. The van der Waals surface area contributed by atoms with E-state index in [-0.39, 0.29) is 38.8 Å². The maximum absolute atomic E-state index is 14.0. The Kier molecular flexibility index (Phi) is 10.7. The van der Waals surface area contributed by atoms with Crippen molar-refractivity contribution in [2.24, 2.45) is 5.92 Å². The molecule has 0 aromatic heterocycles. The first-order chi connectivity index (χ1) is 23.4. The molecule has 8 nitrogen and oxygen atoms in total. The predicted octanol–water partition coefficient (Wildman–Crippen LogP) is 8.19. The summed E-state index contributed by atoms with van der Waals surface area (Å²) in [7, 11) is 0. The summed E-state index contributed by atoms with van der Waals surface area (Å²) in [6, 6.07) is 26.0. The molecule has 0 radical (unpaired) electrons. The van der Waals surface area contributed by atoms with E-state index in [2.05, 4.69) is 5.32 Å². The van der Waals surface area contributed by atoms with Crippen LogP contribution >= 0.6 is 0 Å². The zero-order valence-corrected chi connectivity index (χ0v) is 27.2. The number of quaternary nitrogens is 1. The number of carbonyl (C=O) groups is 3. The van der Waals surface area contributed by atoms with E-state index in [1.165, 1.54) is 12.1 Å². The van der Waals surface area contributed by atoms with E-state index < -0.39 is 40.2 Å². The largest absolute Gasteiger partial charge is 0.525 e. The van der Waals surface area contributed by atoms with Crippen molar-refractivity contribution in [3.05, 3.63) is 125 Å². The summed E-state index contributed by atoms with van der Waals surface area (Å²) in [5, 5.41) is 12.8. The molecule has 5 rings (SSSR count). The van der Waals surface area contributed by atoms with Crippen molar-refractivity contribution in [2.75, 3.05) is 19.7 Å². The summed E-state index contributed by atoms with van der Waals surface area (Å²) in [4.78, 5) is 40.0. The van der Waals surface area contributed by atoms with Crippen molar-refractivity contribution in [1.82, 2.24) is 5.32 Å². The zero-order valence-electron chi connectivity index (χ0n) is 27.2. The van der Waals surface area contributed by atoms with Crippen LogP contribution in [0.25, 0.3) is 11.1 Å². The molecule has 0 aliphatic carbocycles. The van der Waals surface area contributed by atoms with Crippen LogP contribution in [0, 0.1) is 5.92 Å². The van der Waals surface area contributed by atoms with Crippen molar-refractivity contribution in [3.63, 3.8) is 0 Å². The summed E-state index contributed by atoms with van der Waals surface area (Å²) in [5.74, 6) is -1.76. The average molecular weight is 676 g/mol. The van der Waals surface area contributed by atoms with Crippen molar-refractivity contribution in [2.45, 2.75) is 45.5 Å². The normalized spacial score (nSPS) is 16.4. The van der Waals surface area contributed by atoms with Crippen LogP contribution in [0.5, 0.6) is 5.75 Å². The van der Waals surface area contributed by atoms with Crippen LogP contribution in [0.4, 0.5) is 22.8 Å². The molecule has 0 fully saturated rings. The van der Waals surface area contributed by atoms with Crippen LogP contribution in [0.15, 0.2) is 97.1 Å². The quantitative estimate of drug-likeness (QED) is 0.164. The first-order valence-corrected chi connectivity index (χ1v) is 16.0. The minimum Gasteiger partial charge on any atom is -0.489 e. The van der Waals surface area contributed by atoms with Crippen LogP contribution in [0.1, 0.15) is 47.6 Å². The second-order valence-corrected chi connectivity index (χ2v) is 12.5. The Labute approximate surface area is 282 Å². The molecule has 4 aromatic carbocycles. The van der Waals surface area contributed by atoms with Crippen molar-refractivity contribution in [3.8, 4) is 16.9 Å². The number of benzene rings is 4. The monoisotopic (exact) mass is 675 g/mol. The van der Waals surface area contributed by atoms with Gasteiger partial charge in [0.05, 0.1) is 18.1 Å². The number of carboxylic acid groups (broad SMARTS) is 1. The van der Waals surface area contributed by atoms with Gasteiger partial charge in [0.25, 0.3) is 0 Å². The fourth-order valence-corrected chi connectivity index (χ4v) is 5.72. The lowest BCUT2D eigenvalue weighted by atomic mass is 9.96. The van der Waals surface area contributed by atoms with Gasteiger partial charge < -0.3 is 19.9 Å². The molecule has 49 heavy (non-hydrogen) atoms. The van der Waals surface area contributed by atoms with E-state index in [1.807, 2.05) is 62.4 Å². The summed E-state index contributed by atoms with van der Waals surface area (Å²) in [6.45, 7) is 3.66. The van der Waals surface area contributed by atoms with E-state index in [1.54, 1.807) is 24.3 Å². The molecule has 4 aromatic rings. The Morgan fingerprint density at radius 2 is 1.55 bits per heavy atom. The highest BCUT2D eigenvalue weighted by molar-refractivity contribution is 5.82. The first-order valence-electron chi connectivity index (χ1n) is 16.0. The Morgan fingerprint density at radius 3 is 2.18 bits per heavy atom. The number of nitrogens with one attached hydrogen (secondary N) is 1. The van der Waals surface area contributed by atoms with E-state index in [0.29, 0.717) is 28.9 Å². The number of amides is 3. The topological polar surface area (TPSA) is 102 Å². The molecule has 0 spiro atoms. The molecular formula is C38H38F3N2O6+. The second-order valence-electron chi connectivity index (χ2n) is 12.5. The van der Waals surface area contributed by atoms with Gasteiger partial charge in [-0.2, -0.15) is 18.0 Å². The molecule has 1 aliphatic rings. The molecule has 11 heteroatoms. The molecule has 0 saturated carbocycles. The minimum absolute atomic E-state index is 0.0107. The molecule has 0 bridgehead atoms. The van der Waals surface area contributed by atoms with Gasteiger partial charge in [-0.25, -0.2) is 4.79 Å². The third-order valence-electron chi connectivity index (χ3n) is 8.52. The van der Waals surface area contributed by atoms with Crippen LogP contribution in [0.2, 0.25) is 0 Å². The summed E-state index contributed by atoms with van der Waals surface area (Å²) in [5.41, 5.74) is 3.76. The zero-order chi connectivity index (χ0) is 35.2. The SMILES string of the molecule is CC(C)COC(=O)[N+]1(C(=O)NCC(C(=O)O)c2ccc(-c3ccccc3)cc2)CCc2ccc(OCc3ccc(C(F)(F)F)cc3)cc2C1. The number of carboxylic acids is 1.